The molecule has 1 aromatic heterocycles. The second-order valence-corrected chi connectivity index (χ2v) is 17.0. The van der Waals surface area contributed by atoms with Crippen LogP contribution in [0.3, 0.4) is 0 Å². The fourth-order valence-electron chi connectivity index (χ4n) is 9.14. The number of fused-ring (bicyclic) bond motifs is 5. The number of hydrogen-bond acceptors (Lipinski definition) is 11. The summed E-state index contributed by atoms with van der Waals surface area (Å²) in [5, 5.41) is 27.0. The summed E-state index contributed by atoms with van der Waals surface area (Å²) in [6, 6.07) is 8.93. The van der Waals surface area contributed by atoms with Crippen molar-refractivity contribution in [2.75, 3.05) is 34.4 Å². The third-order valence-corrected chi connectivity index (χ3v) is 12.0. The van der Waals surface area contributed by atoms with Crippen LogP contribution in [-0.2, 0) is 25.7 Å². The molecule has 3 aromatic rings. The van der Waals surface area contributed by atoms with E-state index in [1.807, 2.05) is 19.9 Å². The summed E-state index contributed by atoms with van der Waals surface area (Å²) < 4.78 is 24.5. The van der Waals surface area contributed by atoms with Crippen LogP contribution in [0.1, 0.15) is 123 Å². The molecule has 61 heavy (non-hydrogen) atoms. The number of cyclic esters (lactones) is 1. The van der Waals surface area contributed by atoms with Crippen molar-refractivity contribution in [3.05, 3.63) is 80.8 Å². The normalized spacial score (nSPS) is 20.9. The first-order valence-electron chi connectivity index (χ1n) is 21.3. The highest BCUT2D eigenvalue weighted by molar-refractivity contribution is 5.98. The fourth-order valence-corrected chi connectivity index (χ4v) is 9.14. The van der Waals surface area contributed by atoms with Gasteiger partial charge in [0.2, 0.25) is 17.6 Å². The Hall–Kier alpha value is -5.79. The molecule has 2 unspecified atom stereocenters. The second kappa shape index (κ2) is 19.7. The molecule has 1 saturated heterocycles. The van der Waals surface area contributed by atoms with E-state index in [1.54, 1.807) is 52.8 Å². The summed E-state index contributed by atoms with van der Waals surface area (Å²) >= 11 is 0. The molecule has 3 aliphatic rings. The maximum absolute atomic E-state index is 14.5. The number of rotatable bonds is 11. The predicted octanol–water partition coefficient (Wildman–Crippen LogP) is 6.47. The molecular formula is C47H59N3O11. The molecule has 0 spiro atoms. The van der Waals surface area contributed by atoms with Crippen LogP contribution >= 0.6 is 0 Å². The van der Waals surface area contributed by atoms with Gasteiger partial charge in [-0.05, 0) is 92.7 Å². The molecular weight excluding hydrogens is 783 g/mol. The Morgan fingerprint density at radius 2 is 1.67 bits per heavy atom. The number of nitrogens with zero attached hydrogens (tertiary/aromatic N) is 2. The molecule has 328 valence electrons. The molecule has 5 atom stereocenters. The van der Waals surface area contributed by atoms with Crippen molar-refractivity contribution < 1.29 is 48.3 Å². The van der Waals surface area contributed by atoms with E-state index in [-0.39, 0.29) is 75.4 Å². The third kappa shape index (κ3) is 10.2. The Morgan fingerprint density at radius 1 is 0.951 bits per heavy atom. The van der Waals surface area contributed by atoms with Crippen LogP contribution in [0.15, 0.2) is 47.3 Å². The molecule has 0 radical (unpaired) electrons. The Bertz CT molecular complexity index is 2190. The van der Waals surface area contributed by atoms with Gasteiger partial charge in [0.25, 0.3) is 5.56 Å². The molecule has 3 N–H and O–H groups in total. The first-order valence-corrected chi connectivity index (χ1v) is 21.3. The molecule has 2 amide bonds. The van der Waals surface area contributed by atoms with Gasteiger partial charge in [-0.1, -0.05) is 32.1 Å². The number of aromatic hydroxyl groups is 2. The number of phenols is 2. The summed E-state index contributed by atoms with van der Waals surface area (Å²) in [5.74, 6) is -2.65. The average molecular weight is 842 g/mol. The van der Waals surface area contributed by atoms with Crippen molar-refractivity contribution in [2.45, 2.75) is 109 Å². The van der Waals surface area contributed by atoms with Gasteiger partial charge in [0.15, 0.2) is 11.5 Å². The standard InChI is InChI=1S/C47H59N3O11/c1-27(2)18-35(46(56)49-24-29-19-32(26-49)36-16-11-17-41(54)50(36)25-29)48-40(53)23-34(31-21-38(58-4)45(60-6)39(22-31)59-5)43-37(52)20-30-13-8-7-9-14-33(51)15-10-12-28(3)61-47(57)42(30)44(43)55/h8,11,13,16-17,20-22,27-29,32,34-35,52,55H,7,9-10,12,14-15,18-19,23-26H2,1-6H3,(H,48,53)/b13-8+/t28-,29+,32-,34?,35?/m0/s1. The number of likely N-dealkylation sites (tertiary alicyclic amines) is 1. The minimum Gasteiger partial charge on any atom is -0.507 e. The summed E-state index contributed by atoms with van der Waals surface area (Å²) in [6.45, 7) is 7.04. The SMILES string of the molecule is COc1cc(C(CC(=O)NC(CC(C)C)C(=O)N2C[C@H]3C[C@@H](C2)c2cccc(=O)n2C3)c2c(O)cc3c(c2O)C(=O)O[C@@H](C)CCCC(=O)CCC/C=C/3)cc(OC)c1OC. The number of Topliss-reactive ketones (excluding diaryl/α,β-unsaturated/α-hetero) is 1. The van der Waals surface area contributed by atoms with E-state index in [1.165, 1.54) is 27.4 Å². The van der Waals surface area contributed by atoms with Crippen LogP contribution in [0.2, 0.25) is 0 Å². The van der Waals surface area contributed by atoms with E-state index in [0.717, 1.165) is 12.1 Å². The lowest BCUT2D eigenvalue weighted by atomic mass is 9.82. The van der Waals surface area contributed by atoms with Crippen LogP contribution in [0, 0.1) is 11.8 Å². The van der Waals surface area contributed by atoms with Crippen LogP contribution in [-0.4, -0.2) is 89.8 Å². The summed E-state index contributed by atoms with van der Waals surface area (Å²) in [6.07, 6.45) is 6.53. The van der Waals surface area contributed by atoms with Gasteiger partial charge in [-0.3, -0.25) is 19.2 Å². The Labute approximate surface area is 356 Å². The van der Waals surface area contributed by atoms with E-state index in [4.69, 9.17) is 18.9 Å². The number of ketones is 1. The Morgan fingerprint density at radius 3 is 2.36 bits per heavy atom. The average Bonchev–Trinajstić information content (AvgIpc) is 3.21. The molecule has 2 bridgehead atoms. The number of pyridine rings is 1. The quantitative estimate of drug-likeness (QED) is 0.180. The number of methoxy groups -OCH3 is 3. The smallest absolute Gasteiger partial charge is 0.342 e. The molecule has 14 nitrogen and oxygen atoms in total. The van der Waals surface area contributed by atoms with Gasteiger partial charge in [-0.2, -0.15) is 0 Å². The first kappa shape index (κ1) is 44.8. The highest BCUT2D eigenvalue weighted by Gasteiger charge is 2.39. The number of allylic oxidation sites excluding steroid dienone is 1. The number of carbonyl (C=O) groups excluding carboxylic acids is 4. The van der Waals surface area contributed by atoms with Crippen LogP contribution < -0.4 is 25.1 Å². The number of esters is 1. The van der Waals surface area contributed by atoms with Crippen molar-refractivity contribution in [3.8, 4) is 28.7 Å². The molecule has 0 saturated carbocycles. The molecule has 0 aliphatic carbocycles. The highest BCUT2D eigenvalue weighted by Crippen LogP contribution is 2.48. The van der Waals surface area contributed by atoms with Crippen molar-refractivity contribution in [1.29, 1.82) is 0 Å². The number of nitrogens with one attached hydrogen (secondary N) is 1. The summed E-state index contributed by atoms with van der Waals surface area (Å²) in [7, 11) is 4.34. The molecule has 14 heteroatoms. The lowest BCUT2D eigenvalue weighted by Crippen LogP contribution is -2.55. The van der Waals surface area contributed by atoms with Crippen LogP contribution in [0.5, 0.6) is 28.7 Å². The zero-order chi connectivity index (χ0) is 44.0. The number of aromatic nitrogens is 1. The maximum Gasteiger partial charge on any atom is 0.342 e. The number of ether oxygens (including phenoxy) is 4. The Kier molecular flexibility index (Phi) is 14.5. The second-order valence-electron chi connectivity index (χ2n) is 17.0. The van der Waals surface area contributed by atoms with Gasteiger partial charge in [0, 0.05) is 68.1 Å². The lowest BCUT2D eigenvalue weighted by molar-refractivity contribution is -0.139. The number of phenolic OH excluding ortho intramolecular Hbond substituents is 2. The van der Waals surface area contributed by atoms with Gasteiger partial charge >= 0.3 is 5.97 Å². The van der Waals surface area contributed by atoms with Crippen molar-refractivity contribution in [3.63, 3.8) is 0 Å². The van der Waals surface area contributed by atoms with Gasteiger partial charge in [-0.15, -0.1) is 0 Å². The molecule has 4 heterocycles. The fraction of sp³-hybridized carbons (Fsp3) is 0.511. The minimum absolute atomic E-state index is 0.0150. The number of piperidine rings is 1. The molecule has 1 fully saturated rings. The van der Waals surface area contributed by atoms with Crippen molar-refractivity contribution in [2.24, 2.45) is 11.8 Å². The van der Waals surface area contributed by atoms with Gasteiger partial charge in [-0.25, -0.2) is 4.79 Å². The van der Waals surface area contributed by atoms with Gasteiger partial charge in [0.05, 0.1) is 27.4 Å². The van der Waals surface area contributed by atoms with Crippen LogP contribution in [0.25, 0.3) is 6.08 Å². The van der Waals surface area contributed by atoms with Crippen molar-refractivity contribution >= 4 is 29.6 Å². The number of carbonyl (C=O) groups is 4. The molecule has 6 rings (SSSR count). The minimum atomic E-state index is -1.12. The predicted molar refractivity (Wildman–Crippen MR) is 228 cm³/mol. The van der Waals surface area contributed by atoms with Crippen LogP contribution in [0.4, 0.5) is 0 Å². The summed E-state index contributed by atoms with van der Waals surface area (Å²) in [5.41, 5.74) is 1.14. The molecule has 2 aromatic carbocycles. The zero-order valence-electron chi connectivity index (χ0n) is 36.0. The molecule has 3 aliphatic heterocycles. The highest BCUT2D eigenvalue weighted by atomic mass is 16.5. The van der Waals surface area contributed by atoms with E-state index in [2.05, 4.69) is 5.32 Å². The van der Waals surface area contributed by atoms with E-state index < -0.39 is 41.4 Å². The third-order valence-electron chi connectivity index (χ3n) is 12.0. The summed E-state index contributed by atoms with van der Waals surface area (Å²) in [4.78, 5) is 69.7. The van der Waals surface area contributed by atoms with E-state index in [9.17, 15) is 34.2 Å². The van der Waals surface area contributed by atoms with E-state index >= 15 is 0 Å². The zero-order valence-corrected chi connectivity index (χ0v) is 36.0. The van der Waals surface area contributed by atoms with Gasteiger partial charge < -0.3 is 43.9 Å². The Balaban J connectivity index is 1.38. The first-order chi connectivity index (χ1) is 29.2. The number of hydrogen-bond donors (Lipinski definition) is 3. The lowest BCUT2D eigenvalue weighted by Gasteiger charge is -2.43. The largest absolute Gasteiger partial charge is 0.507 e. The van der Waals surface area contributed by atoms with Crippen molar-refractivity contribution in [1.82, 2.24) is 14.8 Å². The number of benzene rings is 2. The number of amides is 2. The van der Waals surface area contributed by atoms with E-state index in [0.29, 0.717) is 70.1 Å². The maximum atomic E-state index is 14.5. The van der Waals surface area contributed by atoms with Gasteiger partial charge in [0.1, 0.15) is 28.9 Å². The topological polar surface area (TPSA) is 183 Å². The monoisotopic (exact) mass is 841 g/mol.